The molecule has 0 saturated heterocycles. The average molecular weight is 205 g/mol. The fraction of sp³-hybridized carbons (Fsp3) is 0.583. The molecule has 1 heterocycles. The van der Waals surface area contributed by atoms with Gasteiger partial charge in [0.2, 0.25) is 0 Å². The molecule has 15 heavy (non-hydrogen) atoms. The summed E-state index contributed by atoms with van der Waals surface area (Å²) in [4.78, 5) is 0. The number of aromatic nitrogens is 2. The van der Waals surface area contributed by atoms with Crippen LogP contribution in [0.25, 0.3) is 0 Å². The number of terminal acetylenes is 1. The quantitative estimate of drug-likeness (QED) is 0.566. The third-order valence-electron chi connectivity index (χ3n) is 2.46. The van der Waals surface area contributed by atoms with E-state index in [1.807, 2.05) is 10.9 Å². The Bertz CT molecular complexity index is 333. The minimum Gasteiger partial charge on any atom is -0.313 e. The van der Waals surface area contributed by atoms with Crippen LogP contribution in [-0.2, 0) is 13.1 Å². The summed E-state index contributed by atoms with van der Waals surface area (Å²) < 4.78 is 2.03. The third-order valence-corrected chi connectivity index (χ3v) is 2.46. The lowest BCUT2D eigenvalue weighted by Gasteiger charge is -2.04. The van der Waals surface area contributed by atoms with Gasteiger partial charge < -0.3 is 5.32 Å². The van der Waals surface area contributed by atoms with Gasteiger partial charge in [0.25, 0.3) is 0 Å². The molecule has 0 aliphatic rings. The maximum absolute atomic E-state index is 5.21. The summed E-state index contributed by atoms with van der Waals surface area (Å²) in [5, 5.41) is 7.65. The second-order valence-corrected chi connectivity index (χ2v) is 3.57. The molecule has 0 aliphatic heterocycles. The molecular formula is C12H19N3. The number of hydrogen-bond donors (Lipinski definition) is 1. The first-order chi connectivity index (χ1) is 7.29. The zero-order chi connectivity index (χ0) is 11.1. The smallest absolute Gasteiger partial charge is 0.0537 e. The number of aryl methyl sites for hydroxylation is 1. The Morgan fingerprint density at radius 1 is 1.60 bits per heavy atom. The van der Waals surface area contributed by atoms with Gasteiger partial charge in [-0.05, 0) is 19.9 Å². The molecule has 3 nitrogen and oxygen atoms in total. The van der Waals surface area contributed by atoms with Gasteiger partial charge >= 0.3 is 0 Å². The Labute approximate surface area is 91.9 Å². The van der Waals surface area contributed by atoms with Crippen molar-refractivity contribution >= 4 is 0 Å². The first-order valence-corrected chi connectivity index (χ1v) is 5.45. The lowest BCUT2D eigenvalue weighted by atomic mass is 10.2. The average Bonchev–Trinajstić information content (AvgIpc) is 2.58. The zero-order valence-corrected chi connectivity index (χ0v) is 9.58. The summed E-state index contributed by atoms with van der Waals surface area (Å²) in [6, 6.07) is 0. The molecule has 0 amide bonds. The zero-order valence-electron chi connectivity index (χ0n) is 9.58. The van der Waals surface area contributed by atoms with Crippen molar-refractivity contribution in [2.45, 2.75) is 39.8 Å². The van der Waals surface area contributed by atoms with Crippen LogP contribution in [0, 0.1) is 19.3 Å². The molecule has 1 rings (SSSR count). The summed E-state index contributed by atoms with van der Waals surface area (Å²) in [7, 11) is 0. The standard InChI is InChI=1S/C12H19N3/c1-4-6-7-8-15-11(3)12(10-14-15)9-13-5-2/h1,10,13H,5-9H2,2-3H3. The van der Waals surface area contributed by atoms with Crippen LogP contribution in [0.2, 0.25) is 0 Å². The van der Waals surface area contributed by atoms with Gasteiger partial charge in [-0.25, -0.2) is 0 Å². The van der Waals surface area contributed by atoms with Crippen molar-refractivity contribution < 1.29 is 0 Å². The molecule has 0 aromatic carbocycles. The van der Waals surface area contributed by atoms with Gasteiger partial charge in [0.05, 0.1) is 6.20 Å². The number of rotatable bonds is 6. The van der Waals surface area contributed by atoms with Crippen LogP contribution < -0.4 is 5.32 Å². The molecule has 0 saturated carbocycles. The molecule has 0 aliphatic carbocycles. The van der Waals surface area contributed by atoms with Crippen LogP contribution >= 0.6 is 0 Å². The number of nitrogens with one attached hydrogen (secondary N) is 1. The molecule has 1 aromatic heterocycles. The van der Waals surface area contributed by atoms with Gasteiger partial charge in [-0.1, -0.05) is 6.92 Å². The Balaban J connectivity index is 2.51. The van der Waals surface area contributed by atoms with E-state index in [0.717, 1.165) is 32.5 Å². The lowest BCUT2D eigenvalue weighted by Crippen LogP contribution is -2.12. The fourth-order valence-corrected chi connectivity index (χ4v) is 1.47. The number of nitrogens with zero attached hydrogens (tertiary/aromatic N) is 2. The first kappa shape index (κ1) is 11.8. The molecule has 3 heteroatoms. The predicted molar refractivity (Wildman–Crippen MR) is 62.4 cm³/mol. The highest BCUT2D eigenvalue weighted by Crippen LogP contribution is 2.07. The molecule has 82 valence electrons. The Hall–Kier alpha value is -1.27. The molecule has 0 spiro atoms. The monoisotopic (exact) mass is 205 g/mol. The van der Waals surface area contributed by atoms with Crippen molar-refractivity contribution in [1.29, 1.82) is 0 Å². The minimum atomic E-state index is 0.821. The Kier molecular flexibility index (Phi) is 4.92. The van der Waals surface area contributed by atoms with E-state index in [1.54, 1.807) is 0 Å². The molecule has 0 radical (unpaired) electrons. The van der Waals surface area contributed by atoms with Gasteiger partial charge in [0.1, 0.15) is 0 Å². The van der Waals surface area contributed by atoms with E-state index >= 15 is 0 Å². The number of unbranched alkanes of at least 4 members (excludes halogenated alkanes) is 1. The van der Waals surface area contributed by atoms with E-state index in [4.69, 9.17) is 6.42 Å². The molecule has 0 unspecified atom stereocenters. The maximum atomic E-state index is 5.21. The third kappa shape index (κ3) is 3.41. The molecule has 1 N–H and O–H groups in total. The largest absolute Gasteiger partial charge is 0.313 e. The van der Waals surface area contributed by atoms with Gasteiger partial charge in [-0.15, -0.1) is 12.3 Å². The fourth-order valence-electron chi connectivity index (χ4n) is 1.47. The molecule has 0 bridgehead atoms. The topological polar surface area (TPSA) is 29.9 Å². The van der Waals surface area contributed by atoms with Crippen molar-refractivity contribution in [3.63, 3.8) is 0 Å². The Morgan fingerprint density at radius 2 is 2.40 bits per heavy atom. The maximum Gasteiger partial charge on any atom is 0.0537 e. The second kappa shape index (κ2) is 6.26. The van der Waals surface area contributed by atoms with Gasteiger partial charge in [-0.2, -0.15) is 5.10 Å². The van der Waals surface area contributed by atoms with E-state index in [9.17, 15) is 0 Å². The molecule has 0 fully saturated rings. The summed E-state index contributed by atoms with van der Waals surface area (Å²) >= 11 is 0. The van der Waals surface area contributed by atoms with Crippen LogP contribution in [0.5, 0.6) is 0 Å². The van der Waals surface area contributed by atoms with Crippen molar-refractivity contribution in [2.75, 3.05) is 6.54 Å². The highest BCUT2D eigenvalue weighted by atomic mass is 15.3. The van der Waals surface area contributed by atoms with Crippen LogP contribution in [-0.4, -0.2) is 16.3 Å². The minimum absolute atomic E-state index is 0.821. The van der Waals surface area contributed by atoms with Crippen LogP contribution in [0.15, 0.2) is 6.20 Å². The molecular weight excluding hydrogens is 186 g/mol. The second-order valence-electron chi connectivity index (χ2n) is 3.57. The van der Waals surface area contributed by atoms with E-state index in [2.05, 4.69) is 30.2 Å². The number of hydrogen-bond acceptors (Lipinski definition) is 2. The molecule has 1 aromatic rings. The summed E-state index contributed by atoms with van der Waals surface area (Å²) in [6.07, 6.45) is 8.97. The van der Waals surface area contributed by atoms with E-state index in [-0.39, 0.29) is 0 Å². The Morgan fingerprint density at radius 3 is 3.07 bits per heavy atom. The van der Waals surface area contributed by atoms with E-state index in [1.165, 1.54) is 11.3 Å². The highest BCUT2D eigenvalue weighted by Gasteiger charge is 2.04. The SMILES string of the molecule is C#CCCCn1ncc(CNCC)c1C. The van der Waals surface area contributed by atoms with E-state index < -0.39 is 0 Å². The predicted octanol–water partition coefficient (Wildman–Crippen LogP) is 1.71. The lowest BCUT2D eigenvalue weighted by molar-refractivity contribution is 0.571. The van der Waals surface area contributed by atoms with Gasteiger partial charge in [0.15, 0.2) is 0 Å². The van der Waals surface area contributed by atoms with Crippen molar-refractivity contribution in [3.05, 3.63) is 17.5 Å². The van der Waals surface area contributed by atoms with E-state index in [0.29, 0.717) is 0 Å². The van der Waals surface area contributed by atoms with Crippen molar-refractivity contribution in [1.82, 2.24) is 15.1 Å². The summed E-state index contributed by atoms with van der Waals surface area (Å²) in [5.74, 6) is 2.65. The normalized spacial score (nSPS) is 10.2. The van der Waals surface area contributed by atoms with Crippen LogP contribution in [0.4, 0.5) is 0 Å². The van der Waals surface area contributed by atoms with Crippen LogP contribution in [0.1, 0.15) is 31.0 Å². The van der Waals surface area contributed by atoms with Crippen LogP contribution in [0.3, 0.4) is 0 Å². The molecule has 0 atom stereocenters. The summed E-state index contributed by atoms with van der Waals surface area (Å²) in [5.41, 5.74) is 2.52. The van der Waals surface area contributed by atoms with Crippen molar-refractivity contribution in [2.24, 2.45) is 0 Å². The van der Waals surface area contributed by atoms with Gasteiger partial charge in [0, 0.05) is 30.8 Å². The first-order valence-electron chi connectivity index (χ1n) is 5.45. The van der Waals surface area contributed by atoms with Crippen molar-refractivity contribution in [3.8, 4) is 12.3 Å². The summed E-state index contributed by atoms with van der Waals surface area (Å²) in [6.45, 7) is 7.02. The van der Waals surface area contributed by atoms with Gasteiger partial charge in [-0.3, -0.25) is 4.68 Å². The highest BCUT2D eigenvalue weighted by molar-refractivity contribution is 5.15.